The van der Waals surface area contributed by atoms with Crippen molar-refractivity contribution in [2.45, 2.75) is 25.8 Å². The van der Waals surface area contributed by atoms with Crippen molar-refractivity contribution in [1.29, 1.82) is 0 Å². The second kappa shape index (κ2) is 6.49. The summed E-state index contributed by atoms with van der Waals surface area (Å²) >= 11 is 0. The lowest BCUT2D eigenvalue weighted by Gasteiger charge is -2.24. The summed E-state index contributed by atoms with van der Waals surface area (Å²) in [6.07, 6.45) is 5.36. The first kappa shape index (κ1) is 17.0. The molecule has 4 aromatic rings. The lowest BCUT2D eigenvalue weighted by molar-refractivity contribution is 0.368. The number of nitrogens with zero attached hydrogens (tertiary/aromatic N) is 4. The monoisotopic (exact) mass is 378 g/mol. The third kappa shape index (κ3) is 2.60. The number of aromatic amines is 1. The number of methoxy groups -OCH3 is 1. The minimum atomic E-state index is -0.0357. The Hall–Kier alpha value is -3.13. The van der Waals surface area contributed by atoms with E-state index in [1.807, 2.05) is 22.9 Å². The van der Waals surface area contributed by atoms with Crippen LogP contribution in [-0.4, -0.2) is 44.3 Å². The molecule has 1 aliphatic heterocycles. The largest absolute Gasteiger partial charge is 0.493 e. The second-order valence-electron chi connectivity index (χ2n) is 7.30. The number of hydrogen-bond acceptors (Lipinski definition) is 5. The van der Waals surface area contributed by atoms with Gasteiger partial charge in [0.2, 0.25) is 0 Å². The van der Waals surface area contributed by atoms with E-state index in [2.05, 4.69) is 33.4 Å². The van der Waals surface area contributed by atoms with Crippen LogP contribution in [0.15, 0.2) is 35.5 Å². The number of ether oxygens (including phenoxy) is 1. The highest BCUT2D eigenvalue weighted by Gasteiger charge is 2.21. The maximum Gasteiger partial charge on any atom is 0.326 e. The fourth-order valence-electron chi connectivity index (χ4n) is 4.26. The maximum atomic E-state index is 12.7. The van der Waals surface area contributed by atoms with Crippen LogP contribution in [0.5, 0.6) is 5.75 Å². The Kier molecular flexibility index (Phi) is 3.94. The molecule has 8 nitrogen and oxygen atoms in total. The molecule has 1 fully saturated rings. The Morgan fingerprint density at radius 1 is 1.18 bits per heavy atom. The zero-order valence-electron chi connectivity index (χ0n) is 15.9. The molecule has 144 valence electrons. The van der Waals surface area contributed by atoms with Crippen molar-refractivity contribution in [2.24, 2.45) is 0 Å². The summed E-state index contributed by atoms with van der Waals surface area (Å²) in [7, 11) is 1.62. The van der Waals surface area contributed by atoms with Gasteiger partial charge in [-0.05, 0) is 62.2 Å². The first-order valence-corrected chi connectivity index (χ1v) is 9.49. The number of aromatic nitrogens is 5. The molecule has 8 heteroatoms. The van der Waals surface area contributed by atoms with Crippen molar-refractivity contribution >= 4 is 16.7 Å². The van der Waals surface area contributed by atoms with Crippen LogP contribution in [0.25, 0.3) is 27.8 Å². The molecule has 0 aliphatic carbocycles. The van der Waals surface area contributed by atoms with E-state index in [0.29, 0.717) is 11.4 Å². The van der Waals surface area contributed by atoms with Gasteiger partial charge in [0.1, 0.15) is 6.33 Å². The van der Waals surface area contributed by atoms with Crippen LogP contribution in [0.3, 0.4) is 0 Å². The fraction of sp³-hybridized carbons (Fsp3) is 0.350. The number of nitrogens with one attached hydrogen (secondary N) is 2. The maximum absolute atomic E-state index is 12.7. The van der Waals surface area contributed by atoms with Crippen molar-refractivity contribution in [2.75, 3.05) is 20.2 Å². The minimum Gasteiger partial charge on any atom is -0.493 e. The van der Waals surface area contributed by atoms with E-state index in [4.69, 9.17) is 4.74 Å². The van der Waals surface area contributed by atoms with Crippen molar-refractivity contribution in [1.82, 2.24) is 29.5 Å². The molecule has 0 bridgehead atoms. The second-order valence-corrected chi connectivity index (χ2v) is 7.30. The van der Waals surface area contributed by atoms with Crippen LogP contribution in [0.4, 0.5) is 0 Å². The van der Waals surface area contributed by atoms with Crippen LogP contribution in [0.2, 0.25) is 0 Å². The van der Waals surface area contributed by atoms with E-state index in [0.717, 1.165) is 53.7 Å². The SMILES string of the molecule is COc1cc(-c2cc(C)c3c(c2)[nH]c(=O)n3C2CCNCC2)cn2ncnc12. The van der Waals surface area contributed by atoms with Gasteiger partial charge < -0.3 is 15.0 Å². The Balaban J connectivity index is 1.67. The van der Waals surface area contributed by atoms with Crippen LogP contribution in [0, 0.1) is 6.92 Å². The predicted octanol–water partition coefficient (Wildman–Crippen LogP) is 2.28. The van der Waals surface area contributed by atoms with E-state index < -0.39 is 0 Å². The van der Waals surface area contributed by atoms with Gasteiger partial charge in [-0.1, -0.05) is 0 Å². The number of rotatable bonds is 3. The fourth-order valence-corrected chi connectivity index (χ4v) is 4.26. The standard InChI is InChI=1S/C20H22N6O2/c1-12-7-13(14-9-17(28-2)19-22-11-23-25(19)10-14)8-16-18(12)26(20(27)24-16)15-3-5-21-6-4-15/h7-11,15,21H,3-6H2,1-2H3,(H,24,27). The number of fused-ring (bicyclic) bond motifs is 2. The van der Waals surface area contributed by atoms with Crippen LogP contribution >= 0.6 is 0 Å². The summed E-state index contributed by atoms with van der Waals surface area (Å²) in [5, 5.41) is 7.60. The molecule has 0 radical (unpaired) electrons. The zero-order valence-corrected chi connectivity index (χ0v) is 15.9. The molecule has 0 unspecified atom stereocenters. The first-order valence-electron chi connectivity index (χ1n) is 9.49. The van der Waals surface area contributed by atoms with E-state index >= 15 is 0 Å². The molecule has 1 aromatic carbocycles. The molecule has 5 rings (SSSR count). The summed E-state index contributed by atoms with van der Waals surface area (Å²) in [5.41, 5.74) is 5.52. The number of H-pyrrole nitrogens is 1. The van der Waals surface area contributed by atoms with Crippen LogP contribution in [0.1, 0.15) is 24.4 Å². The summed E-state index contributed by atoms with van der Waals surface area (Å²) in [4.78, 5) is 20.0. The van der Waals surface area contributed by atoms with Crippen LogP contribution in [-0.2, 0) is 0 Å². The highest BCUT2D eigenvalue weighted by atomic mass is 16.5. The highest BCUT2D eigenvalue weighted by molar-refractivity contribution is 5.85. The number of piperidine rings is 1. The average molecular weight is 378 g/mol. The number of hydrogen-bond donors (Lipinski definition) is 2. The average Bonchev–Trinajstić information content (AvgIpc) is 3.31. The van der Waals surface area contributed by atoms with Gasteiger partial charge >= 0.3 is 5.69 Å². The molecule has 1 saturated heterocycles. The molecule has 0 spiro atoms. The van der Waals surface area contributed by atoms with E-state index in [1.54, 1.807) is 11.6 Å². The Morgan fingerprint density at radius 2 is 2.00 bits per heavy atom. The lowest BCUT2D eigenvalue weighted by atomic mass is 10.0. The van der Waals surface area contributed by atoms with Crippen molar-refractivity contribution < 1.29 is 4.74 Å². The molecule has 0 amide bonds. The van der Waals surface area contributed by atoms with Gasteiger partial charge in [-0.2, -0.15) is 5.10 Å². The summed E-state index contributed by atoms with van der Waals surface area (Å²) in [6, 6.07) is 6.33. The third-order valence-electron chi connectivity index (χ3n) is 5.57. The molecule has 1 aliphatic rings. The smallest absolute Gasteiger partial charge is 0.326 e. The Morgan fingerprint density at radius 3 is 2.79 bits per heavy atom. The van der Waals surface area contributed by atoms with Gasteiger partial charge in [0.05, 0.1) is 18.1 Å². The van der Waals surface area contributed by atoms with E-state index in [9.17, 15) is 4.79 Å². The Bertz CT molecular complexity index is 1230. The van der Waals surface area contributed by atoms with Gasteiger partial charge in [-0.15, -0.1) is 0 Å². The topological polar surface area (TPSA) is 89.2 Å². The Labute approximate surface area is 161 Å². The van der Waals surface area contributed by atoms with Crippen molar-refractivity contribution in [3.05, 3.63) is 46.8 Å². The quantitative estimate of drug-likeness (QED) is 0.571. The van der Waals surface area contributed by atoms with E-state index in [1.165, 1.54) is 6.33 Å². The third-order valence-corrected chi connectivity index (χ3v) is 5.57. The number of benzene rings is 1. The molecule has 4 heterocycles. The van der Waals surface area contributed by atoms with Gasteiger partial charge in [0.15, 0.2) is 11.4 Å². The van der Waals surface area contributed by atoms with Gasteiger partial charge in [0, 0.05) is 17.8 Å². The highest BCUT2D eigenvalue weighted by Crippen LogP contribution is 2.31. The molecule has 3 aromatic heterocycles. The van der Waals surface area contributed by atoms with Crippen molar-refractivity contribution in [3.8, 4) is 16.9 Å². The normalized spacial score (nSPS) is 15.5. The molecule has 0 atom stereocenters. The lowest BCUT2D eigenvalue weighted by Crippen LogP contribution is -2.33. The molecule has 2 N–H and O–H groups in total. The van der Waals surface area contributed by atoms with Gasteiger partial charge in [-0.3, -0.25) is 4.57 Å². The predicted molar refractivity (Wildman–Crippen MR) is 107 cm³/mol. The molecular weight excluding hydrogens is 356 g/mol. The zero-order chi connectivity index (χ0) is 19.3. The van der Waals surface area contributed by atoms with Gasteiger partial charge in [0.25, 0.3) is 0 Å². The van der Waals surface area contributed by atoms with E-state index in [-0.39, 0.29) is 11.7 Å². The summed E-state index contributed by atoms with van der Waals surface area (Å²) in [5.74, 6) is 0.661. The van der Waals surface area contributed by atoms with Gasteiger partial charge in [-0.25, -0.2) is 14.3 Å². The summed E-state index contributed by atoms with van der Waals surface area (Å²) < 4.78 is 9.12. The molecular formula is C20H22N6O2. The number of aryl methyl sites for hydroxylation is 1. The molecule has 28 heavy (non-hydrogen) atoms. The minimum absolute atomic E-state index is 0.0357. The molecule has 0 saturated carbocycles. The number of pyridine rings is 1. The van der Waals surface area contributed by atoms with Crippen LogP contribution < -0.4 is 15.7 Å². The number of imidazole rings is 1. The first-order chi connectivity index (χ1) is 13.7. The summed E-state index contributed by atoms with van der Waals surface area (Å²) in [6.45, 7) is 3.94. The van der Waals surface area contributed by atoms with Crippen molar-refractivity contribution in [3.63, 3.8) is 0 Å².